The third kappa shape index (κ3) is 3.04. The Kier molecular flexibility index (Phi) is 4.29. The minimum absolute atomic E-state index is 0.259. The Morgan fingerprint density at radius 1 is 0.821 bits per heavy atom. The monoisotopic (exact) mass is 366 g/mol. The van der Waals surface area contributed by atoms with Crippen molar-refractivity contribution in [2.45, 2.75) is 37.6 Å². The molecule has 28 heavy (non-hydrogen) atoms. The van der Waals surface area contributed by atoms with E-state index < -0.39 is 0 Å². The number of para-hydroxylation sites is 1. The molecule has 140 valence electrons. The standard InChI is InChI=1S/C26H26N2/c27-26(17-6-10-23-22-9-4-5-11-24(22)28-25(23)26)18-16-19-12-14-21(15-13-19)20-7-2-1-3-8-20/h1-5,7-9,11-15,28H,6,10,16-18,27H2. The van der Waals surface area contributed by atoms with Crippen LogP contribution in [0.5, 0.6) is 0 Å². The molecule has 0 spiro atoms. The number of aromatic nitrogens is 1. The van der Waals surface area contributed by atoms with Crippen LogP contribution < -0.4 is 5.73 Å². The zero-order valence-corrected chi connectivity index (χ0v) is 16.1. The van der Waals surface area contributed by atoms with Crippen LogP contribution in [0.4, 0.5) is 0 Å². The number of aryl methyl sites for hydroxylation is 2. The molecule has 1 aliphatic rings. The predicted octanol–water partition coefficient (Wildman–Crippen LogP) is 5.96. The largest absolute Gasteiger partial charge is 0.357 e. The summed E-state index contributed by atoms with van der Waals surface area (Å²) in [5, 5.41) is 1.35. The summed E-state index contributed by atoms with van der Waals surface area (Å²) in [5.41, 5.74) is 14.5. The van der Waals surface area contributed by atoms with Crippen molar-refractivity contribution >= 4 is 10.9 Å². The normalized spacial score (nSPS) is 18.9. The van der Waals surface area contributed by atoms with Crippen molar-refractivity contribution < 1.29 is 0 Å². The van der Waals surface area contributed by atoms with E-state index in [1.54, 1.807) is 0 Å². The number of nitrogens with one attached hydrogen (secondary N) is 1. The van der Waals surface area contributed by atoms with E-state index in [0.29, 0.717) is 0 Å². The molecule has 2 nitrogen and oxygen atoms in total. The lowest BCUT2D eigenvalue weighted by Gasteiger charge is -2.34. The van der Waals surface area contributed by atoms with E-state index >= 15 is 0 Å². The molecule has 1 unspecified atom stereocenters. The van der Waals surface area contributed by atoms with Crippen LogP contribution >= 0.6 is 0 Å². The molecule has 3 N–H and O–H groups in total. The Labute approximate surface area is 166 Å². The zero-order chi connectivity index (χ0) is 19.0. The number of hydrogen-bond donors (Lipinski definition) is 2. The van der Waals surface area contributed by atoms with Gasteiger partial charge in [-0.1, -0.05) is 72.8 Å². The number of hydrogen-bond acceptors (Lipinski definition) is 1. The third-order valence-corrected chi connectivity index (χ3v) is 6.28. The van der Waals surface area contributed by atoms with Crippen LogP contribution in [0.3, 0.4) is 0 Å². The Morgan fingerprint density at radius 3 is 2.36 bits per heavy atom. The topological polar surface area (TPSA) is 41.8 Å². The van der Waals surface area contributed by atoms with Gasteiger partial charge >= 0.3 is 0 Å². The van der Waals surface area contributed by atoms with Crippen molar-refractivity contribution in [1.29, 1.82) is 0 Å². The first-order valence-corrected chi connectivity index (χ1v) is 10.3. The van der Waals surface area contributed by atoms with Crippen molar-refractivity contribution in [2.24, 2.45) is 5.73 Å². The Balaban J connectivity index is 1.37. The lowest BCUT2D eigenvalue weighted by molar-refractivity contribution is 0.339. The molecule has 1 aromatic heterocycles. The van der Waals surface area contributed by atoms with Gasteiger partial charge in [0.25, 0.3) is 0 Å². The quantitative estimate of drug-likeness (QED) is 0.460. The van der Waals surface area contributed by atoms with Crippen molar-refractivity contribution in [3.8, 4) is 11.1 Å². The fraction of sp³-hybridized carbons (Fsp3) is 0.231. The average Bonchev–Trinajstić information content (AvgIpc) is 3.14. The maximum absolute atomic E-state index is 6.97. The molecule has 4 aromatic rings. The summed E-state index contributed by atoms with van der Waals surface area (Å²) in [7, 11) is 0. The molecule has 5 rings (SSSR count). The summed E-state index contributed by atoms with van der Waals surface area (Å²) in [6.07, 6.45) is 5.31. The van der Waals surface area contributed by atoms with Gasteiger partial charge in [-0.15, -0.1) is 0 Å². The van der Waals surface area contributed by atoms with Gasteiger partial charge in [-0.2, -0.15) is 0 Å². The molecule has 3 aromatic carbocycles. The van der Waals surface area contributed by atoms with Crippen molar-refractivity contribution in [3.63, 3.8) is 0 Å². The lowest BCUT2D eigenvalue weighted by Crippen LogP contribution is -2.40. The Hall–Kier alpha value is -2.84. The maximum Gasteiger partial charge on any atom is 0.0568 e. The number of fused-ring (bicyclic) bond motifs is 3. The second-order valence-corrected chi connectivity index (χ2v) is 8.10. The molecule has 0 amide bonds. The molecule has 0 radical (unpaired) electrons. The van der Waals surface area contributed by atoms with Gasteiger partial charge in [0.2, 0.25) is 0 Å². The highest BCUT2D eigenvalue weighted by Crippen LogP contribution is 2.39. The van der Waals surface area contributed by atoms with Crippen molar-refractivity contribution in [2.75, 3.05) is 0 Å². The molecular formula is C26H26N2. The molecule has 1 heterocycles. The van der Waals surface area contributed by atoms with E-state index in [9.17, 15) is 0 Å². The van der Waals surface area contributed by atoms with Crippen LogP contribution in [0, 0.1) is 0 Å². The minimum Gasteiger partial charge on any atom is -0.357 e. The van der Waals surface area contributed by atoms with Crippen LogP contribution in [0.15, 0.2) is 78.9 Å². The van der Waals surface area contributed by atoms with Crippen molar-refractivity contribution in [3.05, 3.63) is 95.7 Å². The van der Waals surface area contributed by atoms with Crippen LogP contribution in [0.25, 0.3) is 22.0 Å². The van der Waals surface area contributed by atoms with Gasteiger partial charge in [-0.25, -0.2) is 0 Å². The fourth-order valence-electron chi connectivity index (χ4n) is 4.70. The number of H-pyrrole nitrogens is 1. The summed E-state index contributed by atoms with van der Waals surface area (Å²) in [6, 6.07) is 28.1. The highest BCUT2D eigenvalue weighted by molar-refractivity contribution is 5.85. The molecule has 0 saturated heterocycles. The summed E-state index contributed by atoms with van der Waals surface area (Å²) in [6.45, 7) is 0. The van der Waals surface area contributed by atoms with E-state index in [0.717, 1.165) is 32.1 Å². The molecule has 2 heteroatoms. The van der Waals surface area contributed by atoms with E-state index in [2.05, 4.69) is 83.8 Å². The molecule has 0 fully saturated rings. The van der Waals surface area contributed by atoms with Crippen LogP contribution in [0.1, 0.15) is 36.1 Å². The summed E-state index contributed by atoms with van der Waals surface area (Å²) < 4.78 is 0. The number of nitrogens with two attached hydrogens (primary N) is 1. The maximum atomic E-state index is 6.97. The average molecular weight is 367 g/mol. The Bertz CT molecular complexity index is 1090. The second kappa shape index (κ2) is 6.96. The fourth-order valence-corrected chi connectivity index (χ4v) is 4.70. The SMILES string of the molecule is NC1(CCc2ccc(-c3ccccc3)cc2)CCCc2c1[nH]c1ccccc21. The molecular weight excluding hydrogens is 340 g/mol. The first-order valence-electron chi connectivity index (χ1n) is 10.3. The van der Waals surface area contributed by atoms with Gasteiger partial charge in [-0.3, -0.25) is 0 Å². The van der Waals surface area contributed by atoms with E-state index in [4.69, 9.17) is 5.73 Å². The summed E-state index contributed by atoms with van der Waals surface area (Å²) >= 11 is 0. The van der Waals surface area contributed by atoms with Gasteiger partial charge < -0.3 is 10.7 Å². The first-order chi connectivity index (χ1) is 13.7. The number of rotatable bonds is 4. The highest BCUT2D eigenvalue weighted by Gasteiger charge is 2.34. The molecule has 0 aliphatic heterocycles. The van der Waals surface area contributed by atoms with Gasteiger partial charge in [0.1, 0.15) is 0 Å². The van der Waals surface area contributed by atoms with Crippen LogP contribution in [0.2, 0.25) is 0 Å². The smallest absolute Gasteiger partial charge is 0.0568 e. The van der Waals surface area contributed by atoms with Gasteiger partial charge in [-0.05, 0) is 60.4 Å². The summed E-state index contributed by atoms with van der Waals surface area (Å²) in [5.74, 6) is 0. The second-order valence-electron chi connectivity index (χ2n) is 8.10. The van der Waals surface area contributed by atoms with E-state index in [1.165, 1.54) is 38.9 Å². The van der Waals surface area contributed by atoms with Gasteiger partial charge in [0.05, 0.1) is 5.54 Å². The third-order valence-electron chi connectivity index (χ3n) is 6.28. The molecule has 0 saturated carbocycles. The Morgan fingerprint density at radius 2 is 1.54 bits per heavy atom. The van der Waals surface area contributed by atoms with Crippen LogP contribution in [-0.2, 0) is 18.4 Å². The number of benzene rings is 3. The zero-order valence-electron chi connectivity index (χ0n) is 16.1. The van der Waals surface area contributed by atoms with Crippen LogP contribution in [-0.4, -0.2) is 4.98 Å². The molecule has 1 atom stereocenters. The first kappa shape index (κ1) is 17.3. The number of aromatic amines is 1. The molecule has 1 aliphatic carbocycles. The summed E-state index contributed by atoms with van der Waals surface area (Å²) in [4.78, 5) is 3.65. The predicted molar refractivity (Wildman–Crippen MR) is 117 cm³/mol. The molecule has 0 bridgehead atoms. The van der Waals surface area contributed by atoms with E-state index in [-0.39, 0.29) is 5.54 Å². The van der Waals surface area contributed by atoms with E-state index in [1.807, 2.05) is 0 Å². The van der Waals surface area contributed by atoms with Crippen molar-refractivity contribution in [1.82, 2.24) is 4.98 Å². The lowest BCUT2D eigenvalue weighted by atomic mass is 9.77. The van der Waals surface area contributed by atoms with Gasteiger partial charge in [0.15, 0.2) is 0 Å². The minimum atomic E-state index is -0.259. The highest BCUT2D eigenvalue weighted by atomic mass is 14.9. The van der Waals surface area contributed by atoms with Gasteiger partial charge in [0, 0.05) is 16.6 Å².